The molecule has 0 bridgehead atoms. The number of alkyl halides is 3. The van der Waals surface area contributed by atoms with Crippen LogP contribution in [0.15, 0.2) is 67.0 Å². The van der Waals surface area contributed by atoms with Crippen molar-refractivity contribution < 1.29 is 18.1 Å². The zero-order chi connectivity index (χ0) is 22.9. The largest absolute Gasteiger partial charge is 0.416 e. The van der Waals surface area contributed by atoms with Gasteiger partial charge in [-0.2, -0.15) is 13.2 Å². The summed E-state index contributed by atoms with van der Waals surface area (Å²) in [5.74, 6) is -0.444. The molecule has 0 spiro atoms. The molecule has 4 rings (SSSR count). The average Bonchev–Trinajstić information content (AvgIpc) is 2.75. The first-order valence-electron chi connectivity index (χ1n) is 9.12. The van der Waals surface area contributed by atoms with Crippen LogP contribution in [0.3, 0.4) is 0 Å². The lowest BCUT2D eigenvalue weighted by atomic mass is 10.1. The van der Waals surface area contributed by atoms with E-state index < -0.39 is 22.4 Å². The van der Waals surface area contributed by atoms with Gasteiger partial charge < -0.3 is 10.6 Å². The van der Waals surface area contributed by atoms with Crippen LogP contribution >= 0.6 is 11.6 Å². The van der Waals surface area contributed by atoms with E-state index in [9.17, 15) is 23.3 Å². The highest BCUT2D eigenvalue weighted by Crippen LogP contribution is 2.38. The van der Waals surface area contributed by atoms with E-state index >= 15 is 0 Å². The SMILES string of the molecule is O=[N+]([O-])c1c(Nc2cc(C(F)(F)F)ccc2Cl)ncnc1Nc1cccc2ccccc12. The van der Waals surface area contributed by atoms with E-state index in [0.29, 0.717) is 5.69 Å². The van der Waals surface area contributed by atoms with Gasteiger partial charge in [0.2, 0.25) is 11.6 Å². The molecule has 1 aromatic heterocycles. The van der Waals surface area contributed by atoms with Crippen molar-refractivity contribution in [1.29, 1.82) is 0 Å². The van der Waals surface area contributed by atoms with Crippen LogP contribution in [0.1, 0.15) is 5.56 Å². The van der Waals surface area contributed by atoms with Crippen molar-refractivity contribution in [2.75, 3.05) is 10.6 Å². The summed E-state index contributed by atoms with van der Waals surface area (Å²) in [7, 11) is 0. The molecule has 0 aliphatic rings. The van der Waals surface area contributed by atoms with E-state index in [0.717, 1.165) is 35.3 Å². The van der Waals surface area contributed by atoms with E-state index in [-0.39, 0.29) is 22.3 Å². The van der Waals surface area contributed by atoms with E-state index in [2.05, 4.69) is 20.6 Å². The summed E-state index contributed by atoms with van der Waals surface area (Å²) < 4.78 is 39.2. The Morgan fingerprint density at radius 3 is 2.25 bits per heavy atom. The van der Waals surface area contributed by atoms with Gasteiger partial charge in [0.25, 0.3) is 0 Å². The second-order valence-corrected chi connectivity index (χ2v) is 7.05. The molecule has 3 aromatic carbocycles. The van der Waals surface area contributed by atoms with Crippen LogP contribution in [0.25, 0.3) is 10.8 Å². The van der Waals surface area contributed by atoms with Crippen LogP contribution in [0, 0.1) is 10.1 Å². The summed E-state index contributed by atoms with van der Waals surface area (Å²) in [6.07, 6.45) is -3.55. The fourth-order valence-electron chi connectivity index (χ4n) is 3.12. The Kier molecular flexibility index (Phi) is 5.54. The van der Waals surface area contributed by atoms with Crippen molar-refractivity contribution in [3.05, 3.63) is 87.7 Å². The summed E-state index contributed by atoms with van der Waals surface area (Å²) >= 11 is 6.00. The number of halogens is 4. The summed E-state index contributed by atoms with van der Waals surface area (Å²) in [5, 5.41) is 18.9. The average molecular weight is 460 g/mol. The molecule has 0 unspecified atom stereocenters. The molecule has 0 atom stereocenters. The van der Waals surface area contributed by atoms with Gasteiger partial charge in [-0.3, -0.25) is 10.1 Å². The van der Waals surface area contributed by atoms with Gasteiger partial charge in [0, 0.05) is 11.1 Å². The molecular weight excluding hydrogens is 447 g/mol. The number of hydrogen-bond donors (Lipinski definition) is 2. The molecule has 0 saturated carbocycles. The predicted molar refractivity (Wildman–Crippen MR) is 116 cm³/mol. The number of nitrogens with zero attached hydrogens (tertiary/aromatic N) is 3. The highest BCUT2D eigenvalue weighted by atomic mass is 35.5. The Morgan fingerprint density at radius 1 is 0.906 bits per heavy atom. The second kappa shape index (κ2) is 8.31. The van der Waals surface area contributed by atoms with Crippen molar-refractivity contribution in [1.82, 2.24) is 9.97 Å². The third kappa shape index (κ3) is 4.26. The summed E-state index contributed by atoms with van der Waals surface area (Å²) in [6.45, 7) is 0. The standard InChI is InChI=1S/C21H13ClF3N5O2/c22-15-9-8-13(21(23,24)25)10-17(15)29-20-18(30(31)32)19(26-11-27-20)28-16-7-3-5-12-4-1-2-6-14(12)16/h1-11H,(H2,26,27,28,29). The highest BCUT2D eigenvalue weighted by molar-refractivity contribution is 6.33. The van der Waals surface area contributed by atoms with Crippen LogP contribution in [0.2, 0.25) is 5.02 Å². The van der Waals surface area contributed by atoms with E-state index in [1.54, 1.807) is 12.1 Å². The number of anilines is 4. The fourth-order valence-corrected chi connectivity index (χ4v) is 3.29. The first kappa shape index (κ1) is 21.3. The minimum atomic E-state index is -4.61. The molecule has 162 valence electrons. The van der Waals surface area contributed by atoms with Gasteiger partial charge in [0.1, 0.15) is 6.33 Å². The summed E-state index contributed by atoms with van der Waals surface area (Å²) in [5.41, 5.74) is -1.13. The van der Waals surface area contributed by atoms with Gasteiger partial charge in [-0.25, -0.2) is 9.97 Å². The topological polar surface area (TPSA) is 93.0 Å². The molecule has 1 heterocycles. The molecular formula is C21H13ClF3N5O2. The van der Waals surface area contributed by atoms with Crippen LogP contribution in [-0.2, 0) is 6.18 Å². The van der Waals surface area contributed by atoms with E-state index in [1.165, 1.54) is 0 Å². The number of nitrogens with one attached hydrogen (secondary N) is 2. The Labute approximate surface area is 184 Å². The monoisotopic (exact) mass is 459 g/mol. The minimum absolute atomic E-state index is 0.0607. The van der Waals surface area contributed by atoms with Crippen LogP contribution in [0.5, 0.6) is 0 Å². The lowest BCUT2D eigenvalue weighted by Gasteiger charge is -2.14. The van der Waals surface area contributed by atoms with Gasteiger partial charge in [-0.05, 0) is 29.7 Å². The predicted octanol–water partition coefficient (Wildman–Crippen LogP) is 6.70. The highest BCUT2D eigenvalue weighted by Gasteiger charge is 2.31. The minimum Gasteiger partial charge on any atom is -0.334 e. The quantitative estimate of drug-likeness (QED) is 0.255. The normalized spacial score (nSPS) is 11.4. The van der Waals surface area contributed by atoms with Crippen LogP contribution in [0.4, 0.5) is 41.9 Å². The summed E-state index contributed by atoms with van der Waals surface area (Å²) in [6, 6.07) is 15.4. The molecule has 2 N–H and O–H groups in total. The van der Waals surface area contributed by atoms with Crippen LogP contribution in [-0.4, -0.2) is 14.9 Å². The van der Waals surface area contributed by atoms with Gasteiger partial charge in [0.05, 0.1) is 21.2 Å². The molecule has 0 fully saturated rings. The zero-order valence-corrected chi connectivity index (χ0v) is 16.8. The smallest absolute Gasteiger partial charge is 0.334 e. The van der Waals surface area contributed by atoms with Crippen LogP contribution < -0.4 is 10.6 Å². The fraction of sp³-hybridized carbons (Fsp3) is 0.0476. The van der Waals surface area contributed by atoms with Gasteiger partial charge in [-0.15, -0.1) is 0 Å². The zero-order valence-electron chi connectivity index (χ0n) is 16.0. The van der Waals surface area contributed by atoms with Gasteiger partial charge in [-0.1, -0.05) is 48.0 Å². The Balaban J connectivity index is 1.76. The third-order valence-corrected chi connectivity index (χ3v) is 4.92. The van der Waals surface area contributed by atoms with E-state index in [1.807, 2.05) is 30.3 Å². The molecule has 0 amide bonds. The molecule has 7 nitrogen and oxygen atoms in total. The Hall–Kier alpha value is -3.92. The Bertz CT molecular complexity index is 1330. The maximum Gasteiger partial charge on any atom is 0.416 e. The maximum atomic E-state index is 13.1. The van der Waals surface area contributed by atoms with Crippen molar-refractivity contribution in [2.45, 2.75) is 6.18 Å². The molecule has 11 heteroatoms. The lowest BCUT2D eigenvalue weighted by molar-refractivity contribution is -0.383. The van der Waals surface area contributed by atoms with Crippen molar-refractivity contribution in [3.63, 3.8) is 0 Å². The molecule has 4 aromatic rings. The van der Waals surface area contributed by atoms with Crippen molar-refractivity contribution in [2.24, 2.45) is 0 Å². The van der Waals surface area contributed by atoms with Crippen molar-refractivity contribution in [3.8, 4) is 0 Å². The molecule has 0 aliphatic carbocycles. The third-order valence-electron chi connectivity index (χ3n) is 4.59. The first-order valence-corrected chi connectivity index (χ1v) is 9.50. The molecule has 0 radical (unpaired) electrons. The summed E-state index contributed by atoms with van der Waals surface area (Å²) in [4.78, 5) is 18.9. The van der Waals surface area contributed by atoms with Gasteiger partial charge in [0.15, 0.2) is 0 Å². The van der Waals surface area contributed by atoms with Gasteiger partial charge >= 0.3 is 11.9 Å². The number of aromatic nitrogens is 2. The molecule has 32 heavy (non-hydrogen) atoms. The lowest BCUT2D eigenvalue weighted by Crippen LogP contribution is -2.08. The molecule has 0 saturated heterocycles. The number of rotatable bonds is 5. The van der Waals surface area contributed by atoms with Crippen molar-refractivity contribution >= 4 is 51.1 Å². The molecule has 0 aliphatic heterocycles. The number of hydrogen-bond acceptors (Lipinski definition) is 6. The second-order valence-electron chi connectivity index (χ2n) is 6.65. The number of nitro groups is 1. The van der Waals surface area contributed by atoms with E-state index in [4.69, 9.17) is 11.6 Å². The number of fused-ring (bicyclic) bond motifs is 1. The maximum absolute atomic E-state index is 13.1. The first-order chi connectivity index (χ1) is 15.2. The number of benzene rings is 3. The Morgan fingerprint density at radius 2 is 1.56 bits per heavy atom.